The van der Waals surface area contributed by atoms with E-state index in [0.717, 1.165) is 17.3 Å². The number of carbonyl (C=O) groups excluding carboxylic acids is 5. The third kappa shape index (κ3) is 12.5. The molecular formula is C34H49N9O8. The number of hydrogen-bond donors (Lipinski definition) is 10. The number of nitrogens with two attached hydrogens (primary N) is 1. The largest absolute Gasteiger partial charge is 0.480 e. The Bertz CT molecular complexity index is 1620. The molecule has 17 heteroatoms. The van der Waals surface area contributed by atoms with Crippen LogP contribution < -0.4 is 32.3 Å². The molecule has 0 spiro atoms. The molecule has 3 aromatic rings. The van der Waals surface area contributed by atoms with Gasteiger partial charge >= 0.3 is 5.97 Å². The molecule has 5 atom stereocenters. The van der Waals surface area contributed by atoms with Gasteiger partial charge in [0.15, 0.2) is 0 Å². The first-order valence-electron chi connectivity index (χ1n) is 16.9. The Balaban J connectivity index is 1.90. The molecule has 1 aromatic carbocycles. The molecule has 278 valence electrons. The number of carboxylic acid groups (broad SMARTS) is 1. The fraction of sp³-hybridized carbons (Fsp3) is 0.500. The van der Waals surface area contributed by atoms with Crippen LogP contribution in [0.25, 0.3) is 10.9 Å². The van der Waals surface area contributed by atoms with Crippen LogP contribution in [-0.4, -0.2) is 104 Å². The molecule has 51 heavy (non-hydrogen) atoms. The summed E-state index contributed by atoms with van der Waals surface area (Å²) in [6.45, 7) is 4.21. The SMILES string of the molecule is CCCC[C@H](NC(=O)[C@H](N)CC(C)C)C(=O)N[C@H](Cc1c[nH]c2ccccc12)C(=O)N[C@@H](Cc1c[nH]cn1)C(=O)N[C@H](CO)C(=O)NCC(=O)O. The number of para-hydroxylation sites is 1. The topological polar surface area (TPSA) is 274 Å². The van der Waals surface area contributed by atoms with Crippen molar-refractivity contribution in [3.63, 3.8) is 0 Å². The zero-order valence-corrected chi connectivity index (χ0v) is 29.0. The summed E-state index contributed by atoms with van der Waals surface area (Å²) < 4.78 is 0. The number of aliphatic hydroxyl groups excluding tert-OH is 1. The van der Waals surface area contributed by atoms with Crippen molar-refractivity contribution in [2.24, 2.45) is 11.7 Å². The van der Waals surface area contributed by atoms with E-state index in [4.69, 9.17) is 10.8 Å². The quantitative estimate of drug-likeness (QED) is 0.0668. The van der Waals surface area contributed by atoms with Crippen LogP contribution in [0.3, 0.4) is 0 Å². The molecule has 0 aliphatic rings. The number of hydrogen-bond acceptors (Lipinski definition) is 9. The summed E-state index contributed by atoms with van der Waals surface area (Å²) in [7, 11) is 0. The van der Waals surface area contributed by atoms with Gasteiger partial charge in [0.25, 0.3) is 0 Å². The third-order valence-electron chi connectivity index (χ3n) is 8.10. The van der Waals surface area contributed by atoms with Crippen molar-refractivity contribution in [2.45, 2.75) is 89.5 Å². The minimum Gasteiger partial charge on any atom is -0.480 e. The molecule has 5 amide bonds. The fourth-order valence-corrected chi connectivity index (χ4v) is 5.42. The van der Waals surface area contributed by atoms with Crippen molar-refractivity contribution < 1.29 is 39.0 Å². The zero-order chi connectivity index (χ0) is 37.5. The average molecular weight is 712 g/mol. The molecular weight excluding hydrogens is 662 g/mol. The molecule has 3 rings (SSSR count). The lowest BCUT2D eigenvalue weighted by molar-refractivity contribution is -0.139. The molecule has 0 radical (unpaired) electrons. The first-order valence-corrected chi connectivity index (χ1v) is 16.9. The van der Waals surface area contributed by atoms with Gasteiger partial charge < -0.3 is 52.5 Å². The Morgan fingerprint density at radius 1 is 0.843 bits per heavy atom. The molecule has 2 heterocycles. The van der Waals surface area contributed by atoms with Crippen LogP contribution in [0.15, 0.2) is 43.0 Å². The zero-order valence-electron chi connectivity index (χ0n) is 29.0. The summed E-state index contributed by atoms with van der Waals surface area (Å²) in [4.78, 5) is 87.8. The fourth-order valence-electron chi connectivity index (χ4n) is 5.42. The minimum atomic E-state index is -1.53. The number of unbranched alkanes of at least 4 members (excludes halogenated alkanes) is 1. The number of carbonyl (C=O) groups is 6. The average Bonchev–Trinajstić information content (AvgIpc) is 3.76. The maximum atomic E-state index is 14.1. The van der Waals surface area contributed by atoms with Gasteiger partial charge in [-0.1, -0.05) is 51.8 Å². The van der Waals surface area contributed by atoms with Gasteiger partial charge in [0.2, 0.25) is 29.5 Å². The molecule has 0 aliphatic carbocycles. The highest BCUT2D eigenvalue weighted by molar-refractivity contribution is 5.97. The Hall–Kier alpha value is -5.29. The van der Waals surface area contributed by atoms with Gasteiger partial charge in [-0.3, -0.25) is 28.8 Å². The van der Waals surface area contributed by atoms with Crippen molar-refractivity contribution >= 4 is 46.4 Å². The smallest absolute Gasteiger partial charge is 0.322 e. The molecule has 0 saturated carbocycles. The van der Waals surface area contributed by atoms with Gasteiger partial charge in [-0.15, -0.1) is 0 Å². The van der Waals surface area contributed by atoms with Crippen LogP contribution in [0.2, 0.25) is 0 Å². The Kier molecular flexibility index (Phi) is 15.6. The number of aliphatic carboxylic acids is 1. The van der Waals surface area contributed by atoms with Crippen LogP contribution in [-0.2, 0) is 41.6 Å². The highest BCUT2D eigenvalue weighted by Gasteiger charge is 2.33. The number of fused-ring (bicyclic) bond motifs is 1. The number of benzene rings is 1. The summed E-state index contributed by atoms with van der Waals surface area (Å²) in [5.74, 6) is -4.85. The number of aromatic nitrogens is 3. The highest BCUT2D eigenvalue weighted by Crippen LogP contribution is 2.19. The normalized spacial score (nSPS) is 14.2. The second-order valence-electron chi connectivity index (χ2n) is 12.7. The van der Waals surface area contributed by atoms with Crippen LogP contribution >= 0.6 is 0 Å². The lowest BCUT2D eigenvalue weighted by atomic mass is 10.0. The molecule has 0 bridgehead atoms. The van der Waals surface area contributed by atoms with Crippen molar-refractivity contribution in [3.05, 3.63) is 54.2 Å². The van der Waals surface area contributed by atoms with Crippen molar-refractivity contribution in [1.29, 1.82) is 0 Å². The second-order valence-corrected chi connectivity index (χ2v) is 12.7. The summed E-state index contributed by atoms with van der Waals surface area (Å²) in [5, 5.41) is 32.1. The molecule has 0 saturated heterocycles. The predicted octanol–water partition coefficient (Wildman–Crippen LogP) is -0.628. The van der Waals surface area contributed by atoms with E-state index in [1.165, 1.54) is 12.5 Å². The number of carboxylic acids is 1. The maximum Gasteiger partial charge on any atom is 0.322 e. The van der Waals surface area contributed by atoms with E-state index in [2.05, 4.69) is 41.5 Å². The number of imidazole rings is 1. The lowest BCUT2D eigenvalue weighted by Gasteiger charge is -2.26. The lowest BCUT2D eigenvalue weighted by Crippen LogP contribution is -2.60. The Morgan fingerprint density at radius 3 is 2.08 bits per heavy atom. The number of rotatable bonds is 21. The molecule has 11 N–H and O–H groups in total. The van der Waals surface area contributed by atoms with Gasteiger partial charge in [-0.25, -0.2) is 4.98 Å². The summed E-state index contributed by atoms with van der Waals surface area (Å²) in [6.07, 6.45) is 6.50. The number of amides is 5. The van der Waals surface area contributed by atoms with E-state index in [-0.39, 0.29) is 18.8 Å². The van der Waals surface area contributed by atoms with Gasteiger partial charge in [0.05, 0.1) is 24.7 Å². The van der Waals surface area contributed by atoms with Crippen molar-refractivity contribution in [2.75, 3.05) is 13.2 Å². The van der Waals surface area contributed by atoms with E-state index in [1.54, 1.807) is 6.20 Å². The molecule has 0 fully saturated rings. The number of aliphatic hydroxyl groups is 1. The molecule has 0 unspecified atom stereocenters. The number of nitrogens with zero attached hydrogens (tertiary/aromatic N) is 1. The predicted molar refractivity (Wildman–Crippen MR) is 187 cm³/mol. The van der Waals surface area contributed by atoms with E-state index in [9.17, 15) is 33.9 Å². The highest BCUT2D eigenvalue weighted by atomic mass is 16.4. The molecule has 0 aliphatic heterocycles. The Labute approximate surface area is 295 Å². The van der Waals surface area contributed by atoms with Gasteiger partial charge in [-0.05, 0) is 30.4 Å². The third-order valence-corrected chi connectivity index (χ3v) is 8.10. The van der Waals surface area contributed by atoms with Crippen LogP contribution in [0.5, 0.6) is 0 Å². The Morgan fingerprint density at radius 2 is 1.47 bits per heavy atom. The van der Waals surface area contributed by atoms with E-state index in [1.807, 2.05) is 45.0 Å². The van der Waals surface area contributed by atoms with Crippen LogP contribution in [0.4, 0.5) is 0 Å². The monoisotopic (exact) mass is 711 g/mol. The van der Waals surface area contributed by atoms with Crippen LogP contribution in [0, 0.1) is 5.92 Å². The van der Waals surface area contributed by atoms with Gasteiger partial charge in [0, 0.05) is 36.1 Å². The first kappa shape index (κ1) is 40.1. The summed E-state index contributed by atoms with van der Waals surface area (Å²) in [6, 6.07) is 1.45. The molecule has 17 nitrogen and oxygen atoms in total. The minimum absolute atomic E-state index is 0.00347. The number of nitrogens with one attached hydrogen (secondary N) is 7. The van der Waals surface area contributed by atoms with Gasteiger partial charge in [0.1, 0.15) is 30.7 Å². The number of H-pyrrole nitrogens is 2. The van der Waals surface area contributed by atoms with Crippen molar-refractivity contribution in [3.8, 4) is 0 Å². The first-order chi connectivity index (χ1) is 24.3. The van der Waals surface area contributed by atoms with E-state index < -0.39 is 78.9 Å². The number of aromatic amines is 2. The van der Waals surface area contributed by atoms with E-state index >= 15 is 0 Å². The van der Waals surface area contributed by atoms with Gasteiger partial charge in [-0.2, -0.15) is 0 Å². The molecule has 2 aromatic heterocycles. The maximum absolute atomic E-state index is 14.1. The van der Waals surface area contributed by atoms with Crippen LogP contribution in [0.1, 0.15) is 57.7 Å². The standard InChI is InChI=1S/C34H49N9O8/c1-4-5-9-25(40-30(47)23(35)11-19(2)3)32(49)41-26(12-20-14-37-24-10-7-6-8-22(20)24)33(50)42-27(13-21-15-36-18-39-21)34(51)43-28(17-44)31(48)38-16-29(45)46/h6-8,10,14-15,18-19,23,25-28,37,44H,4-5,9,11-13,16-17,35H2,1-3H3,(H,36,39)(H,38,48)(H,40,47)(H,41,49)(H,42,50)(H,43,51)(H,45,46)/t23-,25+,26-,27+,28-/m1/s1. The van der Waals surface area contributed by atoms with Crippen molar-refractivity contribution in [1.82, 2.24) is 41.5 Å². The summed E-state index contributed by atoms with van der Waals surface area (Å²) >= 11 is 0. The van der Waals surface area contributed by atoms with E-state index in [0.29, 0.717) is 30.5 Å². The second kappa shape index (κ2) is 19.8. The summed E-state index contributed by atoms with van der Waals surface area (Å²) in [5.41, 5.74) is 7.97.